The van der Waals surface area contributed by atoms with Crippen molar-refractivity contribution in [3.63, 3.8) is 0 Å². The summed E-state index contributed by atoms with van der Waals surface area (Å²) in [5, 5.41) is 6.59. The molecular formula is C13H19FN2O2. The van der Waals surface area contributed by atoms with Crippen LogP contribution in [0, 0.1) is 5.82 Å². The number of hydrogen-bond donors (Lipinski definition) is 2. The first-order valence-electron chi connectivity index (χ1n) is 6.25. The van der Waals surface area contributed by atoms with Gasteiger partial charge < -0.3 is 20.1 Å². The summed E-state index contributed by atoms with van der Waals surface area (Å²) < 4.78 is 24.0. The molecule has 0 aromatic heterocycles. The van der Waals surface area contributed by atoms with Gasteiger partial charge in [0.05, 0.1) is 13.2 Å². The second kappa shape index (κ2) is 7.31. The molecule has 0 bridgehead atoms. The lowest BCUT2D eigenvalue weighted by atomic mass is 10.3. The van der Waals surface area contributed by atoms with Crippen LogP contribution < -0.4 is 15.4 Å². The van der Waals surface area contributed by atoms with E-state index in [1.165, 1.54) is 6.07 Å². The van der Waals surface area contributed by atoms with Gasteiger partial charge in [-0.1, -0.05) is 12.1 Å². The van der Waals surface area contributed by atoms with Gasteiger partial charge in [-0.3, -0.25) is 0 Å². The van der Waals surface area contributed by atoms with Crippen LogP contribution in [0.2, 0.25) is 0 Å². The van der Waals surface area contributed by atoms with Crippen molar-refractivity contribution in [2.24, 2.45) is 0 Å². The van der Waals surface area contributed by atoms with Gasteiger partial charge in [0.25, 0.3) is 0 Å². The number of hydrogen-bond acceptors (Lipinski definition) is 4. The Bertz CT molecular complexity index is 355. The van der Waals surface area contributed by atoms with Crippen molar-refractivity contribution in [1.82, 2.24) is 10.6 Å². The molecule has 2 rings (SSSR count). The molecule has 5 heteroatoms. The van der Waals surface area contributed by atoms with Crippen LogP contribution in [-0.4, -0.2) is 45.5 Å². The highest BCUT2D eigenvalue weighted by atomic mass is 19.1. The van der Waals surface area contributed by atoms with Gasteiger partial charge in [0, 0.05) is 25.7 Å². The fourth-order valence-electron chi connectivity index (χ4n) is 1.82. The molecule has 4 nitrogen and oxygen atoms in total. The van der Waals surface area contributed by atoms with E-state index in [1.807, 2.05) is 0 Å². The van der Waals surface area contributed by atoms with Crippen molar-refractivity contribution in [1.29, 1.82) is 0 Å². The third-order valence-corrected chi connectivity index (χ3v) is 2.76. The maximum atomic E-state index is 13.2. The fraction of sp³-hybridized carbons (Fsp3) is 0.538. The summed E-state index contributed by atoms with van der Waals surface area (Å²) in [6.45, 7) is 4.35. The Morgan fingerprint density at radius 3 is 3.22 bits per heavy atom. The van der Waals surface area contributed by atoms with Gasteiger partial charge in [-0.15, -0.1) is 0 Å². The lowest BCUT2D eigenvalue weighted by Gasteiger charge is -2.16. The van der Waals surface area contributed by atoms with E-state index in [0.29, 0.717) is 25.5 Å². The summed E-state index contributed by atoms with van der Waals surface area (Å²) >= 11 is 0. The molecule has 1 atom stereocenters. The van der Waals surface area contributed by atoms with Gasteiger partial charge in [0.2, 0.25) is 0 Å². The van der Waals surface area contributed by atoms with Crippen molar-refractivity contribution in [2.45, 2.75) is 6.04 Å². The second-order valence-electron chi connectivity index (χ2n) is 4.21. The molecule has 0 amide bonds. The Morgan fingerprint density at radius 2 is 2.33 bits per heavy atom. The largest absolute Gasteiger partial charge is 0.489 e. The molecule has 0 saturated carbocycles. The lowest BCUT2D eigenvalue weighted by Crippen LogP contribution is -2.41. The molecule has 1 unspecified atom stereocenters. The molecule has 1 heterocycles. The van der Waals surface area contributed by atoms with E-state index in [4.69, 9.17) is 9.47 Å². The first-order valence-corrected chi connectivity index (χ1v) is 6.25. The molecule has 0 radical (unpaired) electrons. The SMILES string of the molecule is Fc1ccccc1OCCNC1CNCCOC1. The van der Waals surface area contributed by atoms with Gasteiger partial charge in [0.1, 0.15) is 6.61 Å². The van der Waals surface area contributed by atoms with Crippen LogP contribution in [-0.2, 0) is 4.74 Å². The third kappa shape index (κ3) is 4.25. The van der Waals surface area contributed by atoms with Gasteiger partial charge in [-0.25, -0.2) is 4.39 Å². The monoisotopic (exact) mass is 254 g/mol. The maximum Gasteiger partial charge on any atom is 0.165 e. The predicted molar refractivity (Wildman–Crippen MR) is 67.4 cm³/mol. The highest BCUT2D eigenvalue weighted by molar-refractivity contribution is 5.23. The topological polar surface area (TPSA) is 42.5 Å². The van der Waals surface area contributed by atoms with E-state index >= 15 is 0 Å². The van der Waals surface area contributed by atoms with E-state index in [9.17, 15) is 4.39 Å². The Kier molecular flexibility index (Phi) is 5.38. The van der Waals surface area contributed by atoms with Crippen LogP contribution in [0.15, 0.2) is 24.3 Å². The molecule has 1 fully saturated rings. The quantitative estimate of drug-likeness (QED) is 0.762. The molecule has 0 aliphatic carbocycles. The van der Waals surface area contributed by atoms with Crippen LogP contribution in [0.1, 0.15) is 0 Å². The first kappa shape index (κ1) is 13.3. The van der Waals surface area contributed by atoms with E-state index in [0.717, 1.165) is 19.7 Å². The van der Waals surface area contributed by atoms with Crippen molar-refractivity contribution < 1.29 is 13.9 Å². The molecule has 1 aromatic carbocycles. The first-order chi connectivity index (χ1) is 8.86. The van der Waals surface area contributed by atoms with E-state index < -0.39 is 0 Å². The van der Waals surface area contributed by atoms with Crippen molar-refractivity contribution in [2.75, 3.05) is 39.5 Å². The van der Waals surface area contributed by atoms with Crippen LogP contribution in [0.3, 0.4) is 0 Å². The van der Waals surface area contributed by atoms with E-state index in [2.05, 4.69) is 10.6 Å². The summed E-state index contributed by atoms with van der Waals surface area (Å²) in [5.41, 5.74) is 0. The maximum absolute atomic E-state index is 13.2. The molecule has 1 aliphatic heterocycles. The standard InChI is InChI=1S/C13H19FN2O2/c14-12-3-1-2-4-13(12)18-8-6-16-11-9-15-5-7-17-10-11/h1-4,11,15-16H,5-10H2. The second-order valence-corrected chi connectivity index (χ2v) is 4.21. The Balaban J connectivity index is 1.65. The molecule has 18 heavy (non-hydrogen) atoms. The molecule has 0 spiro atoms. The smallest absolute Gasteiger partial charge is 0.165 e. The van der Waals surface area contributed by atoms with Crippen LogP contribution >= 0.6 is 0 Å². The Labute approximate surface area is 106 Å². The minimum Gasteiger partial charge on any atom is -0.489 e. The number of nitrogens with one attached hydrogen (secondary N) is 2. The Morgan fingerprint density at radius 1 is 1.44 bits per heavy atom. The van der Waals surface area contributed by atoms with Crippen LogP contribution in [0.25, 0.3) is 0 Å². The molecular weight excluding hydrogens is 235 g/mol. The number of rotatable bonds is 5. The van der Waals surface area contributed by atoms with Gasteiger partial charge in [-0.2, -0.15) is 0 Å². The third-order valence-electron chi connectivity index (χ3n) is 2.76. The highest BCUT2D eigenvalue weighted by Gasteiger charge is 2.10. The summed E-state index contributed by atoms with van der Waals surface area (Å²) in [4.78, 5) is 0. The molecule has 2 N–H and O–H groups in total. The lowest BCUT2D eigenvalue weighted by molar-refractivity contribution is 0.132. The minimum atomic E-state index is -0.322. The zero-order valence-corrected chi connectivity index (χ0v) is 10.3. The highest BCUT2D eigenvalue weighted by Crippen LogP contribution is 2.14. The molecule has 1 aromatic rings. The van der Waals surface area contributed by atoms with Crippen molar-refractivity contribution in [3.05, 3.63) is 30.1 Å². The summed E-state index contributed by atoms with van der Waals surface area (Å²) in [5.74, 6) is -0.0218. The summed E-state index contributed by atoms with van der Waals surface area (Å²) in [7, 11) is 0. The van der Waals surface area contributed by atoms with Crippen molar-refractivity contribution in [3.8, 4) is 5.75 Å². The van der Waals surface area contributed by atoms with Crippen LogP contribution in [0.5, 0.6) is 5.75 Å². The molecule has 1 aliphatic rings. The number of para-hydroxylation sites is 1. The number of ether oxygens (including phenoxy) is 2. The molecule has 100 valence electrons. The van der Waals surface area contributed by atoms with Gasteiger partial charge in [-0.05, 0) is 12.1 Å². The average molecular weight is 254 g/mol. The zero-order valence-electron chi connectivity index (χ0n) is 10.3. The molecule has 1 saturated heterocycles. The summed E-state index contributed by atoms with van der Waals surface area (Å²) in [6.07, 6.45) is 0. The average Bonchev–Trinajstić information content (AvgIpc) is 2.65. The van der Waals surface area contributed by atoms with E-state index in [-0.39, 0.29) is 11.9 Å². The van der Waals surface area contributed by atoms with Crippen molar-refractivity contribution >= 4 is 0 Å². The number of halogens is 1. The fourth-order valence-corrected chi connectivity index (χ4v) is 1.82. The van der Waals surface area contributed by atoms with Gasteiger partial charge in [0.15, 0.2) is 11.6 Å². The van der Waals surface area contributed by atoms with Crippen LogP contribution in [0.4, 0.5) is 4.39 Å². The number of benzene rings is 1. The normalized spacial score (nSPS) is 20.4. The summed E-state index contributed by atoms with van der Waals surface area (Å²) in [6, 6.07) is 6.72. The minimum absolute atomic E-state index is 0.289. The zero-order chi connectivity index (χ0) is 12.6. The Hall–Kier alpha value is -1.17. The van der Waals surface area contributed by atoms with Gasteiger partial charge >= 0.3 is 0 Å². The van der Waals surface area contributed by atoms with E-state index in [1.54, 1.807) is 18.2 Å². The predicted octanol–water partition coefficient (Wildman–Crippen LogP) is 0.782.